The summed E-state index contributed by atoms with van der Waals surface area (Å²) in [5.41, 5.74) is 0.943. The van der Waals surface area contributed by atoms with Crippen molar-refractivity contribution in [3.8, 4) is 0 Å². The fourth-order valence-electron chi connectivity index (χ4n) is 3.53. The zero-order valence-corrected chi connectivity index (χ0v) is 17.2. The summed E-state index contributed by atoms with van der Waals surface area (Å²) in [4.78, 5) is 16.9. The number of fused-ring (bicyclic) bond motifs is 1. The van der Waals surface area contributed by atoms with Gasteiger partial charge in [-0.25, -0.2) is 4.68 Å². The van der Waals surface area contributed by atoms with Crippen molar-refractivity contribution >= 4 is 5.91 Å². The van der Waals surface area contributed by atoms with Gasteiger partial charge in [0.05, 0.1) is 37.3 Å². The highest BCUT2D eigenvalue weighted by Gasteiger charge is 2.28. The number of hydrogen-bond donors (Lipinski definition) is 1. The van der Waals surface area contributed by atoms with Crippen molar-refractivity contribution in [2.75, 3.05) is 33.3 Å². The Bertz CT molecular complexity index is 579. The van der Waals surface area contributed by atoms with Crippen LogP contribution in [0.25, 0.3) is 0 Å². The molecule has 0 unspecified atom stereocenters. The van der Waals surface area contributed by atoms with Gasteiger partial charge in [0.2, 0.25) is 5.91 Å². The van der Waals surface area contributed by atoms with E-state index in [4.69, 9.17) is 4.74 Å². The molecule has 154 valence electrons. The van der Waals surface area contributed by atoms with Gasteiger partial charge in [0.1, 0.15) is 0 Å². The topological polar surface area (TPSA) is 83.7 Å². The monoisotopic (exact) mass is 381 g/mol. The maximum Gasteiger partial charge on any atom is 0.222 e. The molecule has 27 heavy (non-hydrogen) atoms. The molecule has 8 nitrogen and oxygen atoms in total. The Morgan fingerprint density at radius 3 is 2.96 bits per heavy atom. The van der Waals surface area contributed by atoms with Gasteiger partial charge in [0.15, 0.2) is 0 Å². The molecule has 8 heteroatoms. The molecular weight excluding hydrogens is 346 g/mol. The molecule has 3 atom stereocenters. The van der Waals surface area contributed by atoms with Crippen LogP contribution in [0, 0.1) is 5.92 Å². The van der Waals surface area contributed by atoms with E-state index >= 15 is 0 Å². The molecule has 1 amide bonds. The zero-order chi connectivity index (χ0) is 19.8. The SMILES string of the molecule is CCCN(C)C[C@H]1OCc2cnnn2CCCC(=O)N([C@H](C)CO)C[C@H]1C. The number of rotatable bonds is 6. The van der Waals surface area contributed by atoms with E-state index in [0.29, 0.717) is 32.5 Å². The number of carbonyl (C=O) groups excluding carboxylic acids is 1. The summed E-state index contributed by atoms with van der Waals surface area (Å²) in [5.74, 6) is 0.220. The predicted molar refractivity (Wildman–Crippen MR) is 103 cm³/mol. The highest BCUT2D eigenvalue weighted by atomic mass is 16.5. The molecular formula is C19H35N5O3. The van der Waals surface area contributed by atoms with Gasteiger partial charge < -0.3 is 19.6 Å². The molecule has 1 aliphatic heterocycles. The van der Waals surface area contributed by atoms with Crippen molar-refractivity contribution < 1.29 is 14.6 Å². The van der Waals surface area contributed by atoms with Crippen LogP contribution in [0.15, 0.2) is 6.20 Å². The smallest absolute Gasteiger partial charge is 0.222 e. The van der Waals surface area contributed by atoms with Crippen LogP contribution < -0.4 is 0 Å². The van der Waals surface area contributed by atoms with E-state index < -0.39 is 0 Å². The lowest BCUT2D eigenvalue weighted by Crippen LogP contribution is -2.47. The Morgan fingerprint density at radius 1 is 1.48 bits per heavy atom. The van der Waals surface area contributed by atoms with E-state index in [2.05, 4.69) is 36.1 Å². The van der Waals surface area contributed by atoms with Crippen LogP contribution in [0.1, 0.15) is 45.7 Å². The van der Waals surface area contributed by atoms with E-state index in [-0.39, 0.29) is 30.6 Å². The van der Waals surface area contributed by atoms with Gasteiger partial charge in [-0.05, 0) is 33.4 Å². The van der Waals surface area contributed by atoms with E-state index in [1.807, 2.05) is 16.5 Å². The van der Waals surface area contributed by atoms with Crippen molar-refractivity contribution in [2.45, 2.75) is 65.3 Å². The fourth-order valence-corrected chi connectivity index (χ4v) is 3.53. The number of carbonyl (C=O) groups is 1. The summed E-state index contributed by atoms with van der Waals surface area (Å²) < 4.78 is 8.11. The number of amides is 1. The van der Waals surface area contributed by atoms with Crippen molar-refractivity contribution in [1.82, 2.24) is 24.8 Å². The summed E-state index contributed by atoms with van der Waals surface area (Å²) in [5, 5.41) is 17.7. The van der Waals surface area contributed by atoms with Crippen LogP contribution in [-0.2, 0) is 22.7 Å². The van der Waals surface area contributed by atoms with Crippen LogP contribution >= 0.6 is 0 Å². The first-order valence-electron chi connectivity index (χ1n) is 10.0. The molecule has 1 N–H and O–H groups in total. The van der Waals surface area contributed by atoms with E-state index in [0.717, 1.165) is 25.2 Å². The first-order chi connectivity index (χ1) is 13.0. The third kappa shape index (κ3) is 6.26. The van der Waals surface area contributed by atoms with Gasteiger partial charge in [-0.3, -0.25) is 4.79 Å². The quantitative estimate of drug-likeness (QED) is 0.796. The minimum atomic E-state index is -0.196. The molecule has 0 saturated heterocycles. The molecule has 1 aromatic heterocycles. The number of aliphatic hydroxyl groups excluding tert-OH is 1. The van der Waals surface area contributed by atoms with Crippen molar-refractivity contribution in [1.29, 1.82) is 0 Å². The number of aliphatic hydroxyl groups is 1. The van der Waals surface area contributed by atoms with Crippen molar-refractivity contribution in [2.24, 2.45) is 5.92 Å². The maximum atomic E-state index is 12.8. The normalized spacial score (nSPS) is 23.6. The highest BCUT2D eigenvalue weighted by molar-refractivity contribution is 5.76. The molecule has 0 aromatic carbocycles. The second-order valence-corrected chi connectivity index (χ2v) is 7.72. The first-order valence-corrected chi connectivity index (χ1v) is 10.0. The largest absolute Gasteiger partial charge is 0.394 e. The predicted octanol–water partition coefficient (Wildman–Crippen LogP) is 1.14. The van der Waals surface area contributed by atoms with Gasteiger partial charge in [-0.2, -0.15) is 0 Å². The number of aromatic nitrogens is 3. The van der Waals surface area contributed by atoms with Gasteiger partial charge in [0, 0.05) is 32.0 Å². The molecule has 0 spiro atoms. The lowest BCUT2D eigenvalue weighted by molar-refractivity contribution is -0.136. The van der Waals surface area contributed by atoms with Gasteiger partial charge in [-0.1, -0.05) is 19.1 Å². The van der Waals surface area contributed by atoms with Crippen molar-refractivity contribution in [3.05, 3.63) is 11.9 Å². The van der Waals surface area contributed by atoms with E-state index in [9.17, 15) is 9.90 Å². The molecule has 1 aliphatic rings. The molecule has 0 bridgehead atoms. The van der Waals surface area contributed by atoms with Gasteiger partial charge >= 0.3 is 0 Å². The Kier molecular flexibility index (Phi) is 8.66. The van der Waals surface area contributed by atoms with Gasteiger partial charge in [-0.15, -0.1) is 5.10 Å². The van der Waals surface area contributed by atoms with Gasteiger partial charge in [0.25, 0.3) is 0 Å². The standard InChI is InChI=1S/C19H35N5O3/c1-5-8-22(4)12-18-15(2)11-23(16(3)13-25)19(26)7-6-9-24-17(14-27-18)10-20-21-24/h10,15-16,18,25H,5-9,11-14H2,1-4H3/t15-,16-,18-/m1/s1. The lowest BCUT2D eigenvalue weighted by Gasteiger charge is -2.35. The summed E-state index contributed by atoms with van der Waals surface area (Å²) in [6, 6.07) is -0.196. The van der Waals surface area contributed by atoms with Crippen molar-refractivity contribution in [3.63, 3.8) is 0 Å². The second kappa shape index (κ2) is 10.7. The fraction of sp³-hybridized carbons (Fsp3) is 0.842. The summed E-state index contributed by atoms with van der Waals surface area (Å²) >= 11 is 0. The highest BCUT2D eigenvalue weighted by Crippen LogP contribution is 2.18. The number of aryl methyl sites for hydroxylation is 1. The number of ether oxygens (including phenoxy) is 1. The molecule has 1 aromatic rings. The average molecular weight is 382 g/mol. The number of hydrogen-bond acceptors (Lipinski definition) is 6. The Balaban J connectivity index is 2.21. The van der Waals surface area contributed by atoms with E-state index in [1.54, 1.807) is 6.20 Å². The molecule has 0 fully saturated rings. The van der Waals surface area contributed by atoms with Crippen LogP contribution in [0.2, 0.25) is 0 Å². The molecule has 2 rings (SSSR count). The third-order valence-corrected chi connectivity index (χ3v) is 5.24. The first kappa shape index (κ1) is 21.8. The number of nitrogens with zero attached hydrogens (tertiary/aromatic N) is 5. The molecule has 0 radical (unpaired) electrons. The number of likely N-dealkylation sites (N-methyl/N-ethyl adjacent to an activating group) is 1. The Hall–Kier alpha value is -1.51. The van der Waals surface area contributed by atoms with Crippen LogP contribution in [0.3, 0.4) is 0 Å². The Morgan fingerprint density at radius 2 is 2.26 bits per heavy atom. The zero-order valence-electron chi connectivity index (χ0n) is 17.2. The second-order valence-electron chi connectivity index (χ2n) is 7.72. The van der Waals surface area contributed by atoms with Crippen LogP contribution in [0.5, 0.6) is 0 Å². The summed E-state index contributed by atoms with van der Waals surface area (Å²) in [6.45, 7) is 9.63. The average Bonchev–Trinajstić information content (AvgIpc) is 3.08. The molecule has 0 saturated carbocycles. The van der Waals surface area contributed by atoms with E-state index in [1.165, 1.54) is 0 Å². The molecule has 0 aliphatic carbocycles. The minimum Gasteiger partial charge on any atom is -0.394 e. The maximum absolute atomic E-state index is 12.8. The molecule has 2 heterocycles. The summed E-state index contributed by atoms with van der Waals surface area (Å²) in [7, 11) is 2.10. The Labute approximate surface area is 162 Å². The summed E-state index contributed by atoms with van der Waals surface area (Å²) in [6.07, 6.45) is 3.94. The third-order valence-electron chi connectivity index (χ3n) is 5.24. The minimum absolute atomic E-state index is 0.0227. The van der Waals surface area contributed by atoms with Crippen LogP contribution in [-0.4, -0.2) is 81.2 Å². The van der Waals surface area contributed by atoms with Crippen LogP contribution in [0.4, 0.5) is 0 Å². The lowest BCUT2D eigenvalue weighted by atomic mass is 10.0.